The van der Waals surface area contributed by atoms with Crippen LogP contribution in [0.4, 0.5) is 5.69 Å². The molecule has 0 radical (unpaired) electrons. The summed E-state index contributed by atoms with van der Waals surface area (Å²) in [4.78, 5) is 11.5. The SMILES string of the molecule is NC(=O)C(Nc1ccccc1)C1CCCC1. The summed E-state index contributed by atoms with van der Waals surface area (Å²) < 4.78 is 0. The molecular formula is C13H18N2O. The van der Waals surface area contributed by atoms with Crippen molar-refractivity contribution in [1.29, 1.82) is 0 Å². The lowest BCUT2D eigenvalue weighted by atomic mass is 9.97. The van der Waals surface area contributed by atoms with Crippen LogP contribution in [-0.4, -0.2) is 11.9 Å². The molecule has 0 heterocycles. The number of amides is 1. The lowest BCUT2D eigenvalue weighted by Gasteiger charge is -2.22. The summed E-state index contributed by atoms with van der Waals surface area (Å²) in [6, 6.07) is 9.57. The lowest BCUT2D eigenvalue weighted by Crippen LogP contribution is -2.40. The molecule has 0 aliphatic heterocycles. The molecule has 0 saturated heterocycles. The number of benzene rings is 1. The quantitative estimate of drug-likeness (QED) is 0.813. The maximum atomic E-state index is 11.5. The molecule has 0 spiro atoms. The molecule has 3 nitrogen and oxygen atoms in total. The second-order valence-corrected chi connectivity index (χ2v) is 4.43. The van der Waals surface area contributed by atoms with Crippen molar-refractivity contribution < 1.29 is 4.79 Å². The summed E-state index contributed by atoms with van der Waals surface area (Å²) in [6.45, 7) is 0. The van der Waals surface area contributed by atoms with Crippen molar-refractivity contribution in [1.82, 2.24) is 0 Å². The van der Waals surface area contributed by atoms with Crippen molar-refractivity contribution in [3.8, 4) is 0 Å². The minimum Gasteiger partial charge on any atom is -0.373 e. The van der Waals surface area contributed by atoms with Gasteiger partial charge in [0.15, 0.2) is 0 Å². The van der Waals surface area contributed by atoms with E-state index in [-0.39, 0.29) is 11.9 Å². The van der Waals surface area contributed by atoms with Crippen LogP contribution in [0.3, 0.4) is 0 Å². The van der Waals surface area contributed by atoms with Gasteiger partial charge in [-0.2, -0.15) is 0 Å². The van der Waals surface area contributed by atoms with Gasteiger partial charge in [-0.25, -0.2) is 0 Å². The second kappa shape index (κ2) is 5.01. The van der Waals surface area contributed by atoms with E-state index in [1.54, 1.807) is 0 Å². The Labute approximate surface area is 96.0 Å². The lowest BCUT2D eigenvalue weighted by molar-refractivity contribution is -0.119. The molecule has 1 atom stereocenters. The topological polar surface area (TPSA) is 55.1 Å². The second-order valence-electron chi connectivity index (χ2n) is 4.43. The van der Waals surface area contributed by atoms with Crippen molar-refractivity contribution >= 4 is 11.6 Å². The van der Waals surface area contributed by atoms with Crippen LogP contribution in [0.1, 0.15) is 25.7 Å². The number of para-hydroxylation sites is 1. The Hall–Kier alpha value is -1.51. The van der Waals surface area contributed by atoms with Crippen LogP contribution >= 0.6 is 0 Å². The Bertz CT molecular complexity index is 344. The monoisotopic (exact) mass is 218 g/mol. The van der Waals surface area contributed by atoms with Crippen molar-refractivity contribution in [2.45, 2.75) is 31.7 Å². The predicted molar refractivity (Wildman–Crippen MR) is 65.0 cm³/mol. The van der Waals surface area contributed by atoms with E-state index in [0.717, 1.165) is 18.5 Å². The van der Waals surface area contributed by atoms with Crippen LogP contribution in [-0.2, 0) is 4.79 Å². The van der Waals surface area contributed by atoms with E-state index >= 15 is 0 Å². The number of anilines is 1. The Kier molecular flexibility index (Phi) is 3.44. The van der Waals surface area contributed by atoms with E-state index in [2.05, 4.69) is 5.32 Å². The first-order chi connectivity index (χ1) is 7.77. The molecule has 2 rings (SSSR count). The van der Waals surface area contributed by atoms with Crippen LogP contribution in [0.2, 0.25) is 0 Å². The van der Waals surface area contributed by atoms with E-state index in [0.29, 0.717) is 5.92 Å². The van der Waals surface area contributed by atoms with Crippen LogP contribution in [0.5, 0.6) is 0 Å². The molecule has 1 aliphatic rings. The molecule has 3 heteroatoms. The summed E-state index contributed by atoms with van der Waals surface area (Å²) in [7, 11) is 0. The molecule has 0 bridgehead atoms. The average molecular weight is 218 g/mol. The number of primary amides is 1. The Morgan fingerprint density at radius 3 is 2.44 bits per heavy atom. The third-order valence-corrected chi connectivity index (χ3v) is 3.27. The van der Waals surface area contributed by atoms with E-state index in [1.165, 1.54) is 12.8 Å². The summed E-state index contributed by atoms with van der Waals surface area (Å²) >= 11 is 0. The molecule has 1 saturated carbocycles. The van der Waals surface area contributed by atoms with Gasteiger partial charge in [0.2, 0.25) is 5.91 Å². The number of carbonyl (C=O) groups is 1. The summed E-state index contributed by atoms with van der Waals surface area (Å²) in [5.41, 5.74) is 6.43. The van der Waals surface area contributed by atoms with E-state index < -0.39 is 0 Å². The van der Waals surface area contributed by atoms with Crippen LogP contribution < -0.4 is 11.1 Å². The molecule has 1 unspecified atom stereocenters. The van der Waals surface area contributed by atoms with Gasteiger partial charge in [-0.15, -0.1) is 0 Å². The fraction of sp³-hybridized carbons (Fsp3) is 0.462. The van der Waals surface area contributed by atoms with Gasteiger partial charge in [-0.05, 0) is 30.9 Å². The number of hydrogen-bond acceptors (Lipinski definition) is 2. The van der Waals surface area contributed by atoms with Gasteiger partial charge in [0.1, 0.15) is 6.04 Å². The zero-order chi connectivity index (χ0) is 11.4. The summed E-state index contributed by atoms with van der Waals surface area (Å²) in [6.07, 6.45) is 4.64. The number of nitrogens with one attached hydrogen (secondary N) is 1. The first-order valence-electron chi connectivity index (χ1n) is 5.88. The summed E-state index contributed by atoms with van der Waals surface area (Å²) in [5, 5.41) is 3.25. The van der Waals surface area contributed by atoms with Gasteiger partial charge in [0, 0.05) is 5.69 Å². The maximum absolute atomic E-state index is 11.5. The molecule has 1 amide bonds. The number of hydrogen-bond donors (Lipinski definition) is 2. The highest BCUT2D eigenvalue weighted by Crippen LogP contribution is 2.29. The number of rotatable bonds is 4. The molecule has 1 fully saturated rings. The fourth-order valence-corrected chi connectivity index (χ4v) is 2.43. The highest BCUT2D eigenvalue weighted by molar-refractivity contribution is 5.83. The van der Waals surface area contributed by atoms with Crippen molar-refractivity contribution in [2.24, 2.45) is 11.7 Å². The summed E-state index contributed by atoms with van der Waals surface area (Å²) in [5.74, 6) is 0.161. The van der Waals surface area contributed by atoms with Crippen molar-refractivity contribution in [2.75, 3.05) is 5.32 Å². The fourth-order valence-electron chi connectivity index (χ4n) is 2.43. The third kappa shape index (κ3) is 2.54. The van der Waals surface area contributed by atoms with Gasteiger partial charge in [0.25, 0.3) is 0 Å². The number of nitrogens with two attached hydrogens (primary N) is 1. The Balaban J connectivity index is 2.05. The average Bonchev–Trinajstić information content (AvgIpc) is 2.80. The highest BCUT2D eigenvalue weighted by atomic mass is 16.1. The van der Waals surface area contributed by atoms with E-state index in [4.69, 9.17) is 5.73 Å². The normalized spacial score (nSPS) is 18.2. The molecule has 86 valence electrons. The van der Waals surface area contributed by atoms with E-state index in [1.807, 2.05) is 30.3 Å². The maximum Gasteiger partial charge on any atom is 0.240 e. The largest absolute Gasteiger partial charge is 0.373 e. The van der Waals surface area contributed by atoms with Crippen LogP contribution in [0, 0.1) is 5.92 Å². The molecular weight excluding hydrogens is 200 g/mol. The minimum absolute atomic E-state index is 0.218. The van der Waals surface area contributed by atoms with Gasteiger partial charge in [-0.1, -0.05) is 31.0 Å². The van der Waals surface area contributed by atoms with Gasteiger partial charge >= 0.3 is 0 Å². The first-order valence-corrected chi connectivity index (χ1v) is 5.88. The van der Waals surface area contributed by atoms with Crippen molar-refractivity contribution in [3.05, 3.63) is 30.3 Å². The molecule has 1 aliphatic carbocycles. The molecule has 16 heavy (non-hydrogen) atoms. The van der Waals surface area contributed by atoms with Crippen molar-refractivity contribution in [3.63, 3.8) is 0 Å². The van der Waals surface area contributed by atoms with Crippen LogP contribution in [0.25, 0.3) is 0 Å². The van der Waals surface area contributed by atoms with E-state index in [9.17, 15) is 4.79 Å². The smallest absolute Gasteiger partial charge is 0.240 e. The third-order valence-electron chi connectivity index (χ3n) is 3.27. The van der Waals surface area contributed by atoms with Gasteiger partial charge in [0.05, 0.1) is 0 Å². The van der Waals surface area contributed by atoms with Gasteiger partial charge < -0.3 is 11.1 Å². The van der Waals surface area contributed by atoms with Crippen LogP contribution in [0.15, 0.2) is 30.3 Å². The minimum atomic E-state index is -0.240. The molecule has 1 aromatic rings. The highest BCUT2D eigenvalue weighted by Gasteiger charge is 2.28. The standard InChI is InChI=1S/C13H18N2O/c14-13(16)12(10-6-4-5-7-10)15-11-8-2-1-3-9-11/h1-3,8-10,12,15H,4-7H2,(H2,14,16). The Morgan fingerprint density at radius 2 is 1.88 bits per heavy atom. The first kappa shape index (κ1) is 11.0. The molecule has 0 aromatic heterocycles. The zero-order valence-electron chi connectivity index (χ0n) is 9.36. The number of carbonyl (C=O) groups excluding carboxylic acids is 1. The predicted octanol–water partition coefficient (Wildman–Crippen LogP) is 2.14. The molecule has 1 aromatic carbocycles. The molecule has 3 N–H and O–H groups in total. The van der Waals surface area contributed by atoms with Gasteiger partial charge in [-0.3, -0.25) is 4.79 Å². The Morgan fingerprint density at radius 1 is 1.25 bits per heavy atom. The zero-order valence-corrected chi connectivity index (χ0v) is 9.36.